The summed E-state index contributed by atoms with van der Waals surface area (Å²) in [5, 5.41) is 12.5. The van der Waals surface area contributed by atoms with E-state index in [-0.39, 0.29) is 6.61 Å². The quantitative estimate of drug-likeness (QED) is 0.817. The minimum Gasteiger partial charge on any atom is -0.395 e. The van der Waals surface area contributed by atoms with Gasteiger partial charge in [0.1, 0.15) is 5.82 Å². The number of aliphatic hydroxyl groups is 1. The Morgan fingerprint density at radius 2 is 1.95 bits per heavy atom. The monoisotopic (exact) mass is 286 g/mol. The molecule has 5 heteroatoms. The number of hydrogen-bond acceptors (Lipinski definition) is 5. The van der Waals surface area contributed by atoms with E-state index in [9.17, 15) is 5.11 Å². The molecular formula is C16H22N4O. The maximum atomic E-state index is 9.32. The fourth-order valence-corrected chi connectivity index (χ4v) is 2.15. The first-order chi connectivity index (χ1) is 10.2. The van der Waals surface area contributed by atoms with Gasteiger partial charge in [-0.1, -0.05) is 30.3 Å². The molecule has 0 aliphatic heterocycles. The predicted octanol–water partition coefficient (Wildman–Crippen LogP) is 2.22. The van der Waals surface area contributed by atoms with Gasteiger partial charge in [-0.3, -0.25) is 0 Å². The molecule has 0 unspecified atom stereocenters. The molecule has 1 aromatic carbocycles. The van der Waals surface area contributed by atoms with Gasteiger partial charge in [-0.2, -0.15) is 4.98 Å². The molecule has 1 aromatic heterocycles. The number of hydrogen-bond donors (Lipinski definition) is 2. The second kappa shape index (κ2) is 7.59. The van der Waals surface area contributed by atoms with Crippen molar-refractivity contribution in [1.82, 2.24) is 9.97 Å². The van der Waals surface area contributed by atoms with E-state index < -0.39 is 0 Å². The summed E-state index contributed by atoms with van der Waals surface area (Å²) in [5.74, 6) is 1.46. The first-order valence-electron chi connectivity index (χ1n) is 7.22. The van der Waals surface area contributed by atoms with Crippen LogP contribution in [0.4, 0.5) is 11.8 Å². The number of rotatable bonds is 7. The Morgan fingerprint density at radius 3 is 2.62 bits per heavy atom. The lowest BCUT2D eigenvalue weighted by Crippen LogP contribution is -2.27. The average Bonchev–Trinajstić information content (AvgIpc) is 2.48. The summed E-state index contributed by atoms with van der Waals surface area (Å²) < 4.78 is 0. The molecule has 0 bridgehead atoms. The molecule has 0 amide bonds. The normalized spacial score (nSPS) is 10.4. The molecule has 0 atom stereocenters. The van der Waals surface area contributed by atoms with Crippen molar-refractivity contribution in [3.8, 4) is 0 Å². The van der Waals surface area contributed by atoms with Crippen molar-refractivity contribution in [3.05, 3.63) is 47.7 Å². The fourth-order valence-electron chi connectivity index (χ4n) is 2.15. The van der Waals surface area contributed by atoms with Gasteiger partial charge in [-0.15, -0.1) is 0 Å². The Bertz CT molecular complexity index is 559. The average molecular weight is 286 g/mol. The van der Waals surface area contributed by atoms with E-state index in [4.69, 9.17) is 0 Å². The lowest BCUT2D eigenvalue weighted by atomic mass is 10.2. The molecule has 112 valence electrons. The summed E-state index contributed by atoms with van der Waals surface area (Å²) in [5.41, 5.74) is 2.10. The van der Waals surface area contributed by atoms with Crippen molar-refractivity contribution in [3.63, 3.8) is 0 Å². The molecule has 2 rings (SSSR count). The van der Waals surface area contributed by atoms with Crippen molar-refractivity contribution in [2.45, 2.75) is 20.4 Å². The minimum atomic E-state index is 0.0897. The number of aliphatic hydroxyl groups excluding tert-OH is 1. The highest BCUT2D eigenvalue weighted by Gasteiger charge is 2.11. The van der Waals surface area contributed by atoms with Crippen molar-refractivity contribution in [2.75, 3.05) is 29.9 Å². The van der Waals surface area contributed by atoms with Crippen LogP contribution in [0.2, 0.25) is 0 Å². The molecule has 0 aliphatic rings. The van der Waals surface area contributed by atoms with Gasteiger partial charge in [0.25, 0.3) is 0 Å². The largest absolute Gasteiger partial charge is 0.395 e. The molecule has 0 saturated heterocycles. The first-order valence-corrected chi connectivity index (χ1v) is 7.22. The number of anilines is 2. The van der Waals surface area contributed by atoms with Crippen LogP contribution < -0.4 is 10.2 Å². The highest BCUT2D eigenvalue weighted by Crippen LogP contribution is 2.17. The van der Waals surface area contributed by atoms with Crippen molar-refractivity contribution in [1.29, 1.82) is 0 Å². The van der Waals surface area contributed by atoms with Gasteiger partial charge in [-0.25, -0.2) is 4.98 Å². The Kier molecular flexibility index (Phi) is 5.51. The molecule has 0 aliphatic carbocycles. The molecule has 0 fully saturated rings. The Morgan fingerprint density at radius 1 is 1.19 bits per heavy atom. The fraction of sp³-hybridized carbons (Fsp3) is 0.375. The van der Waals surface area contributed by atoms with Crippen LogP contribution in [0.15, 0.2) is 36.4 Å². The molecule has 2 aromatic rings. The third-order valence-corrected chi connectivity index (χ3v) is 3.09. The third kappa shape index (κ3) is 4.43. The summed E-state index contributed by atoms with van der Waals surface area (Å²) in [7, 11) is 0. The number of aryl methyl sites for hydroxylation is 1. The molecular weight excluding hydrogens is 264 g/mol. The van der Waals surface area contributed by atoms with Gasteiger partial charge in [-0.05, 0) is 19.4 Å². The van der Waals surface area contributed by atoms with E-state index in [1.807, 2.05) is 38.1 Å². The van der Waals surface area contributed by atoms with Crippen molar-refractivity contribution < 1.29 is 5.11 Å². The summed E-state index contributed by atoms with van der Waals surface area (Å²) in [6.45, 7) is 6.08. The van der Waals surface area contributed by atoms with E-state index >= 15 is 0 Å². The lowest BCUT2D eigenvalue weighted by molar-refractivity contribution is 0.301. The molecule has 0 spiro atoms. The Labute approximate surface area is 125 Å². The third-order valence-electron chi connectivity index (χ3n) is 3.09. The molecule has 5 nitrogen and oxygen atoms in total. The van der Waals surface area contributed by atoms with E-state index in [0.29, 0.717) is 19.0 Å². The van der Waals surface area contributed by atoms with E-state index in [1.165, 1.54) is 5.56 Å². The zero-order valence-corrected chi connectivity index (χ0v) is 12.6. The van der Waals surface area contributed by atoms with Crippen LogP contribution in [0.5, 0.6) is 0 Å². The van der Waals surface area contributed by atoms with E-state index in [2.05, 4.69) is 32.3 Å². The number of nitrogens with one attached hydrogen (secondary N) is 1. The van der Waals surface area contributed by atoms with E-state index in [0.717, 1.165) is 18.1 Å². The van der Waals surface area contributed by atoms with Crippen LogP contribution in [-0.2, 0) is 6.54 Å². The number of benzene rings is 1. The summed E-state index contributed by atoms with van der Waals surface area (Å²) in [6, 6.07) is 12.1. The maximum Gasteiger partial charge on any atom is 0.224 e. The van der Waals surface area contributed by atoms with Gasteiger partial charge in [0.05, 0.1) is 6.61 Å². The highest BCUT2D eigenvalue weighted by atomic mass is 16.3. The van der Waals surface area contributed by atoms with Gasteiger partial charge < -0.3 is 15.3 Å². The zero-order valence-electron chi connectivity index (χ0n) is 12.6. The topological polar surface area (TPSA) is 61.3 Å². The van der Waals surface area contributed by atoms with Crippen LogP contribution in [0.1, 0.15) is 18.2 Å². The van der Waals surface area contributed by atoms with Crippen molar-refractivity contribution >= 4 is 11.8 Å². The summed E-state index contributed by atoms with van der Waals surface area (Å²) in [4.78, 5) is 11.0. The van der Waals surface area contributed by atoms with E-state index in [1.54, 1.807) is 0 Å². The van der Waals surface area contributed by atoms with Gasteiger partial charge in [0.2, 0.25) is 5.95 Å². The second-order valence-corrected chi connectivity index (χ2v) is 4.85. The first kappa shape index (κ1) is 15.3. The SMILES string of the molecule is CCNc1nc(C)cc(N(CCO)Cc2ccccc2)n1. The Hall–Kier alpha value is -2.14. The van der Waals surface area contributed by atoms with Gasteiger partial charge in [0.15, 0.2) is 0 Å². The van der Waals surface area contributed by atoms with Crippen LogP contribution in [0, 0.1) is 6.92 Å². The predicted molar refractivity (Wildman–Crippen MR) is 85.5 cm³/mol. The molecule has 0 saturated carbocycles. The standard InChI is InChI=1S/C16H22N4O/c1-3-17-16-18-13(2)11-15(19-16)20(9-10-21)12-14-7-5-4-6-8-14/h4-8,11,21H,3,9-10,12H2,1-2H3,(H,17,18,19). The number of aromatic nitrogens is 2. The maximum absolute atomic E-state index is 9.32. The molecule has 1 heterocycles. The summed E-state index contributed by atoms with van der Waals surface area (Å²) >= 11 is 0. The van der Waals surface area contributed by atoms with Crippen LogP contribution >= 0.6 is 0 Å². The summed E-state index contributed by atoms with van der Waals surface area (Å²) in [6.07, 6.45) is 0. The highest BCUT2D eigenvalue weighted by molar-refractivity contribution is 5.45. The van der Waals surface area contributed by atoms with Crippen LogP contribution in [0.25, 0.3) is 0 Å². The molecule has 21 heavy (non-hydrogen) atoms. The van der Waals surface area contributed by atoms with Gasteiger partial charge in [0, 0.05) is 31.4 Å². The van der Waals surface area contributed by atoms with Crippen LogP contribution in [0.3, 0.4) is 0 Å². The zero-order chi connectivity index (χ0) is 15.1. The molecule has 0 radical (unpaired) electrons. The molecule has 2 N–H and O–H groups in total. The second-order valence-electron chi connectivity index (χ2n) is 4.85. The lowest BCUT2D eigenvalue weighted by Gasteiger charge is -2.23. The van der Waals surface area contributed by atoms with Gasteiger partial charge >= 0.3 is 0 Å². The van der Waals surface area contributed by atoms with Crippen LogP contribution in [-0.4, -0.2) is 34.8 Å². The van der Waals surface area contributed by atoms with Crippen molar-refractivity contribution in [2.24, 2.45) is 0 Å². The smallest absolute Gasteiger partial charge is 0.224 e. The Balaban J connectivity index is 2.24. The minimum absolute atomic E-state index is 0.0897. The number of nitrogens with zero attached hydrogens (tertiary/aromatic N) is 3.